The molecule has 1 N–H and O–H groups in total. The van der Waals surface area contributed by atoms with Crippen LogP contribution in [0.4, 0.5) is 0 Å². The molecule has 0 bridgehead atoms. The van der Waals surface area contributed by atoms with Crippen molar-refractivity contribution in [2.24, 2.45) is 0 Å². The van der Waals surface area contributed by atoms with Gasteiger partial charge in [0.05, 0.1) is 6.10 Å². The van der Waals surface area contributed by atoms with Crippen molar-refractivity contribution in [1.82, 2.24) is 9.80 Å². The van der Waals surface area contributed by atoms with Crippen LogP contribution in [0, 0.1) is 0 Å². The molecule has 5 nitrogen and oxygen atoms in total. The third kappa shape index (κ3) is 5.16. The molecule has 0 aliphatic carbocycles. The van der Waals surface area contributed by atoms with Crippen LogP contribution in [0.15, 0.2) is 24.3 Å². The summed E-state index contributed by atoms with van der Waals surface area (Å²) in [5.74, 6) is 0.632. The fraction of sp³-hybridized carbons (Fsp3) is 0.562. The van der Waals surface area contributed by atoms with Gasteiger partial charge in [-0.2, -0.15) is 0 Å². The van der Waals surface area contributed by atoms with Gasteiger partial charge in [0, 0.05) is 37.7 Å². The molecule has 1 heterocycles. The lowest BCUT2D eigenvalue weighted by molar-refractivity contribution is -0.135. The molecule has 0 saturated carbocycles. The third-order valence-corrected chi connectivity index (χ3v) is 4.09. The van der Waals surface area contributed by atoms with Gasteiger partial charge >= 0.3 is 0 Å². The summed E-state index contributed by atoms with van der Waals surface area (Å²) >= 11 is 5.80. The van der Waals surface area contributed by atoms with E-state index in [9.17, 15) is 9.90 Å². The predicted octanol–water partition coefficient (Wildman–Crippen LogP) is 1.63. The Hall–Kier alpha value is -1.30. The van der Waals surface area contributed by atoms with Gasteiger partial charge in [-0.3, -0.25) is 9.69 Å². The van der Waals surface area contributed by atoms with Crippen molar-refractivity contribution in [2.75, 3.05) is 39.3 Å². The SMILES string of the molecule is CC[C@@H](O)CN1CCN(C(=O)COc2ccc(Cl)cc2)CC1. The fourth-order valence-electron chi connectivity index (χ4n) is 2.37. The summed E-state index contributed by atoms with van der Waals surface area (Å²) in [4.78, 5) is 16.1. The number of hydrogen-bond acceptors (Lipinski definition) is 4. The molecule has 1 atom stereocenters. The lowest BCUT2D eigenvalue weighted by Gasteiger charge is -2.35. The average molecular weight is 327 g/mol. The van der Waals surface area contributed by atoms with Crippen LogP contribution in [-0.4, -0.2) is 66.2 Å². The van der Waals surface area contributed by atoms with Crippen molar-refractivity contribution in [1.29, 1.82) is 0 Å². The van der Waals surface area contributed by atoms with Crippen molar-refractivity contribution in [3.63, 3.8) is 0 Å². The Kier molecular flexibility index (Phi) is 6.49. The van der Waals surface area contributed by atoms with Gasteiger partial charge in [0.1, 0.15) is 5.75 Å². The minimum absolute atomic E-state index is 0.00867. The van der Waals surface area contributed by atoms with E-state index in [1.165, 1.54) is 0 Å². The Morgan fingerprint density at radius 3 is 2.50 bits per heavy atom. The number of aliphatic hydroxyl groups excluding tert-OH is 1. The van der Waals surface area contributed by atoms with Crippen LogP contribution < -0.4 is 4.74 Å². The molecule has 0 spiro atoms. The molecule has 6 heteroatoms. The fourth-order valence-corrected chi connectivity index (χ4v) is 2.50. The molecule has 1 aliphatic heterocycles. The first kappa shape index (κ1) is 17.1. The number of rotatable bonds is 6. The van der Waals surface area contributed by atoms with E-state index in [2.05, 4.69) is 4.90 Å². The first-order valence-electron chi connectivity index (χ1n) is 7.65. The quantitative estimate of drug-likeness (QED) is 0.863. The normalized spacial score (nSPS) is 17.3. The number of piperazine rings is 1. The largest absolute Gasteiger partial charge is 0.484 e. The minimum Gasteiger partial charge on any atom is -0.484 e. The summed E-state index contributed by atoms with van der Waals surface area (Å²) in [6, 6.07) is 6.97. The Labute approximate surface area is 136 Å². The number of carbonyl (C=O) groups is 1. The second kappa shape index (κ2) is 8.36. The Balaban J connectivity index is 1.72. The highest BCUT2D eigenvalue weighted by Gasteiger charge is 2.22. The molecular formula is C16H23ClN2O3. The van der Waals surface area contributed by atoms with Crippen LogP contribution in [0.5, 0.6) is 5.75 Å². The molecular weight excluding hydrogens is 304 g/mol. The smallest absolute Gasteiger partial charge is 0.260 e. The van der Waals surface area contributed by atoms with E-state index in [-0.39, 0.29) is 18.6 Å². The molecule has 1 aromatic rings. The second-order valence-electron chi connectivity index (χ2n) is 5.49. The van der Waals surface area contributed by atoms with Crippen molar-refractivity contribution >= 4 is 17.5 Å². The molecule has 1 aliphatic rings. The van der Waals surface area contributed by atoms with Gasteiger partial charge in [0.25, 0.3) is 5.91 Å². The van der Waals surface area contributed by atoms with Crippen LogP contribution in [0.25, 0.3) is 0 Å². The average Bonchev–Trinajstić information content (AvgIpc) is 2.54. The summed E-state index contributed by atoms with van der Waals surface area (Å²) in [6.45, 7) is 5.64. The first-order chi connectivity index (χ1) is 10.6. The zero-order valence-electron chi connectivity index (χ0n) is 12.9. The van der Waals surface area contributed by atoms with E-state index in [1.54, 1.807) is 24.3 Å². The second-order valence-corrected chi connectivity index (χ2v) is 5.92. The lowest BCUT2D eigenvalue weighted by atomic mass is 10.2. The minimum atomic E-state index is -0.282. The molecule has 1 amide bonds. The van der Waals surface area contributed by atoms with Gasteiger partial charge in [-0.25, -0.2) is 0 Å². The van der Waals surface area contributed by atoms with Crippen molar-refractivity contribution in [3.05, 3.63) is 29.3 Å². The maximum atomic E-state index is 12.1. The summed E-state index contributed by atoms with van der Waals surface area (Å²) in [6.07, 6.45) is 0.476. The maximum absolute atomic E-state index is 12.1. The standard InChI is InChI=1S/C16H23ClN2O3/c1-2-14(20)11-18-7-9-19(10-8-18)16(21)12-22-15-5-3-13(17)4-6-15/h3-6,14,20H,2,7-12H2,1H3/t14-/m1/s1. The van der Waals surface area contributed by atoms with E-state index in [4.69, 9.17) is 16.3 Å². The van der Waals surface area contributed by atoms with Gasteiger partial charge in [0.15, 0.2) is 6.61 Å². The van der Waals surface area contributed by atoms with Crippen LogP contribution in [0.2, 0.25) is 5.02 Å². The van der Waals surface area contributed by atoms with E-state index < -0.39 is 0 Å². The number of benzene rings is 1. The summed E-state index contributed by atoms with van der Waals surface area (Å²) in [5.41, 5.74) is 0. The summed E-state index contributed by atoms with van der Waals surface area (Å²) in [5, 5.41) is 10.3. The number of carbonyl (C=O) groups excluding carboxylic acids is 1. The van der Waals surface area contributed by atoms with Crippen molar-refractivity contribution < 1.29 is 14.6 Å². The number of ether oxygens (including phenoxy) is 1. The topological polar surface area (TPSA) is 53.0 Å². The van der Waals surface area contributed by atoms with E-state index >= 15 is 0 Å². The zero-order chi connectivity index (χ0) is 15.9. The van der Waals surface area contributed by atoms with Crippen LogP contribution in [0.3, 0.4) is 0 Å². The Bertz CT molecular complexity index is 473. The molecule has 0 radical (unpaired) electrons. The number of hydrogen-bond donors (Lipinski definition) is 1. The zero-order valence-corrected chi connectivity index (χ0v) is 13.6. The molecule has 1 saturated heterocycles. The van der Waals surface area contributed by atoms with E-state index in [1.807, 2.05) is 11.8 Å². The van der Waals surface area contributed by atoms with Gasteiger partial charge in [-0.15, -0.1) is 0 Å². The number of halogens is 1. The molecule has 22 heavy (non-hydrogen) atoms. The molecule has 1 aromatic carbocycles. The first-order valence-corrected chi connectivity index (χ1v) is 8.03. The predicted molar refractivity (Wildman–Crippen MR) is 86.3 cm³/mol. The lowest BCUT2D eigenvalue weighted by Crippen LogP contribution is -2.51. The number of aliphatic hydroxyl groups is 1. The third-order valence-electron chi connectivity index (χ3n) is 3.84. The van der Waals surface area contributed by atoms with Crippen LogP contribution >= 0.6 is 11.6 Å². The summed E-state index contributed by atoms with van der Waals surface area (Å²) < 4.78 is 5.48. The van der Waals surface area contributed by atoms with Crippen molar-refractivity contribution in [3.8, 4) is 5.75 Å². The highest BCUT2D eigenvalue weighted by Crippen LogP contribution is 2.15. The molecule has 122 valence electrons. The highest BCUT2D eigenvalue weighted by atomic mass is 35.5. The number of β-amino-alcohol motifs (C(OH)–C–C–N with tert-alkyl or cyclic N) is 1. The highest BCUT2D eigenvalue weighted by molar-refractivity contribution is 6.30. The van der Waals surface area contributed by atoms with Gasteiger partial charge < -0.3 is 14.7 Å². The molecule has 0 unspecified atom stereocenters. The van der Waals surface area contributed by atoms with Gasteiger partial charge in [0.2, 0.25) is 0 Å². The van der Waals surface area contributed by atoms with Gasteiger partial charge in [-0.05, 0) is 30.7 Å². The summed E-state index contributed by atoms with van der Waals surface area (Å²) in [7, 11) is 0. The number of nitrogens with zero attached hydrogens (tertiary/aromatic N) is 2. The molecule has 0 aromatic heterocycles. The molecule has 2 rings (SSSR count). The molecule has 1 fully saturated rings. The number of amides is 1. The van der Waals surface area contributed by atoms with Gasteiger partial charge in [-0.1, -0.05) is 18.5 Å². The monoisotopic (exact) mass is 326 g/mol. The van der Waals surface area contributed by atoms with Crippen molar-refractivity contribution in [2.45, 2.75) is 19.4 Å². The van der Waals surface area contributed by atoms with Crippen LogP contribution in [-0.2, 0) is 4.79 Å². The Morgan fingerprint density at radius 1 is 1.27 bits per heavy atom. The maximum Gasteiger partial charge on any atom is 0.260 e. The Morgan fingerprint density at radius 2 is 1.91 bits per heavy atom. The van der Waals surface area contributed by atoms with Crippen LogP contribution in [0.1, 0.15) is 13.3 Å². The van der Waals surface area contributed by atoms with E-state index in [0.717, 1.165) is 19.5 Å². The van der Waals surface area contributed by atoms with E-state index in [0.29, 0.717) is 30.4 Å².